The van der Waals surface area contributed by atoms with Gasteiger partial charge in [-0.3, -0.25) is 4.90 Å². The van der Waals surface area contributed by atoms with Gasteiger partial charge in [0.1, 0.15) is 12.4 Å². The number of amides is 2. The first kappa shape index (κ1) is 17.9. The fraction of sp³-hybridized carbons (Fsp3) is 0.588. The Morgan fingerprint density at radius 1 is 1.48 bits per heavy atom. The number of carbonyl (C=O) groups is 1. The number of ether oxygens (including phenoxy) is 1. The van der Waals surface area contributed by atoms with Gasteiger partial charge < -0.3 is 15.0 Å². The molecule has 5 nitrogen and oxygen atoms in total. The molecule has 1 fully saturated rings. The summed E-state index contributed by atoms with van der Waals surface area (Å²) >= 11 is 6.02. The maximum Gasteiger partial charge on any atom is 0.317 e. The van der Waals surface area contributed by atoms with Crippen molar-refractivity contribution in [3.05, 3.63) is 29.3 Å². The molecule has 23 heavy (non-hydrogen) atoms. The highest BCUT2D eigenvalue weighted by molar-refractivity contribution is 6.32. The predicted octanol–water partition coefficient (Wildman–Crippen LogP) is 2.84. The van der Waals surface area contributed by atoms with Crippen molar-refractivity contribution >= 4 is 17.6 Å². The van der Waals surface area contributed by atoms with Crippen LogP contribution in [0.2, 0.25) is 5.02 Å². The third-order valence-electron chi connectivity index (χ3n) is 4.27. The average molecular weight is 340 g/mol. The maximum atomic E-state index is 12.2. The SMILES string of the molecule is CC(C)N1CCC(N(C)C(=O)NCCOc2ccccc2Cl)C1. The topological polar surface area (TPSA) is 44.8 Å². The first-order valence-electron chi connectivity index (χ1n) is 8.11. The molecule has 0 aromatic heterocycles. The van der Waals surface area contributed by atoms with E-state index >= 15 is 0 Å². The molecular weight excluding hydrogens is 314 g/mol. The van der Waals surface area contributed by atoms with Crippen molar-refractivity contribution in [3.8, 4) is 5.75 Å². The Bertz CT molecular complexity index is 524. The van der Waals surface area contributed by atoms with Crippen LogP contribution in [-0.2, 0) is 0 Å². The van der Waals surface area contributed by atoms with Crippen LogP contribution in [-0.4, -0.2) is 61.2 Å². The van der Waals surface area contributed by atoms with E-state index in [0.717, 1.165) is 19.5 Å². The zero-order valence-corrected chi connectivity index (χ0v) is 14.8. The fourth-order valence-corrected chi connectivity index (χ4v) is 2.91. The Morgan fingerprint density at radius 3 is 2.87 bits per heavy atom. The zero-order chi connectivity index (χ0) is 16.8. The van der Waals surface area contributed by atoms with Gasteiger partial charge in [0.15, 0.2) is 0 Å². The number of para-hydroxylation sites is 1. The minimum atomic E-state index is -0.0524. The van der Waals surface area contributed by atoms with E-state index in [0.29, 0.717) is 30.0 Å². The number of urea groups is 1. The van der Waals surface area contributed by atoms with Crippen LogP contribution >= 0.6 is 11.6 Å². The summed E-state index contributed by atoms with van der Waals surface area (Å²) in [4.78, 5) is 16.4. The number of likely N-dealkylation sites (tertiary alicyclic amines) is 1. The molecule has 1 aliphatic heterocycles. The Balaban J connectivity index is 1.69. The lowest BCUT2D eigenvalue weighted by Crippen LogP contribution is -2.46. The second-order valence-corrected chi connectivity index (χ2v) is 6.56. The molecule has 2 amide bonds. The molecule has 1 atom stereocenters. The Labute approximate surface area is 143 Å². The molecule has 6 heteroatoms. The lowest BCUT2D eigenvalue weighted by molar-refractivity contribution is 0.182. The monoisotopic (exact) mass is 339 g/mol. The molecule has 1 aliphatic rings. The van der Waals surface area contributed by atoms with E-state index in [1.54, 1.807) is 11.0 Å². The number of nitrogens with one attached hydrogen (secondary N) is 1. The second-order valence-electron chi connectivity index (χ2n) is 6.15. The average Bonchev–Trinajstić information content (AvgIpc) is 3.02. The number of rotatable bonds is 6. The molecule has 1 aromatic rings. The van der Waals surface area contributed by atoms with Crippen LogP contribution in [0.25, 0.3) is 0 Å². The van der Waals surface area contributed by atoms with Gasteiger partial charge in [-0.15, -0.1) is 0 Å². The molecule has 1 saturated heterocycles. The molecule has 0 aliphatic carbocycles. The number of halogens is 1. The maximum absolute atomic E-state index is 12.2. The van der Waals surface area contributed by atoms with Gasteiger partial charge in [-0.05, 0) is 32.4 Å². The van der Waals surface area contributed by atoms with E-state index in [-0.39, 0.29) is 12.1 Å². The van der Waals surface area contributed by atoms with Crippen molar-refractivity contribution in [2.45, 2.75) is 32.4 Å². The van der Waals surface area contributed by atoms with Gasteiger partial charge in [-0.25, -0.2) is 4.79 Å². The summed E-state index contributed by atoms with van der Waals surface area (Å²) in [6, 6.07) is 8.08. The Hall–Kier alpha value is -1.46. The first-order chi connectivity index (χ1) is 11.0. The van der Waals surface area contributed by atoms with Gasteiger partial charge in [0, 0.05) is 32.2 Å². The molecule has 128 valence electrons. The molecule has 1 N–H and O–H groups in total. The van der Waals surface area contributed by atoms with Crippen LogP contribution in [0.3, 0.4) is 0 Å². The number of hydrogen-bond acceptors (Lipinski definition) is 3. The lowest BCUT2D eigenvalue weighted by Gasteiger charge is -2.26. The van der Waals surface area contributed by atoms with Gasteiger partial charge in [0.2, 0.25) is 0 Å². The van der Waals surface area contributed by atoms with Crippen LogP contribution in [0, 0.1) is 0 Å². The number of carbonyl (C=O) groups excluding carboxylic acids is 1. The fourth-order valence-electron chi connectivity index (χ4n) is 2.72. The van der Waals surface area contributed by atoms with Gasteiger partial charge in [-0.2, -0.15) is 0 Å². The highest BCUT2D eigenvalue weighted by atomic mass is 35.5. The number of nitrogens with zero attached hydrogens (tertiary/aromatic N) is 2. The summed E-state index contributed by atoms with van der Waals surface area (Å²) in [5.41, 5.74) is 0. The number of likely N-dealkylation sites (N-methyl/N-ethyl adjacent to an activating group) is 1. The molecular formula is C17H26ClN3O2. The first-order valence-corrected chi connectivity index (χ1v) is 8.49. The quantitative estimate of drug-likeness (QED) is 0.811. The van der Waals surface area contributed by atoms with Crippen LogP contribution in [0.1, 0.15) is 20.3 Å². The van der Waals surface area contributed by atoms with Gasteiger partial charge >= 0.3 is 6.03 Å². The third kappa shape index (κ3) is 5.01. The lowest BCUT2D eigenvalue weighted by atomic mass is 10.2. The standard InChI is InChI=1S/C17H26ClN3O2/c1-13(2)21-10-8-14(12-21)20(3)17(22)19-9-11-23-16-7-5-4-6-15(16)18/h4-7,13-14H,8-12H2,1-3H3,(H,19,22). The van der Waals surface area contributed by atoms with Crippen LogP contribution < -0.4 is 10.1 Å². The van der Waals surface area contributed by atoms with E-state index in [1.165, 1.54) is 0 Å². The minimum Gasteiger partial charge on any atom is -0.490 e. The number of benzene rings is 1. The van der Waals surface area contributed by atoms with E-state index in [2.05, 4.69) is 24.1 Å². The summed E-state index contributed by atoms with van der Waals surface area (Å²) < 4.78 is 5.57. The summed E-state index contributed by atoms with van der Waals surface area (Å²) in [6.45, 7) is 7.22. The van der Waals surface area contributed by atoms with Crippen LogP contribution in [0.15, 0.2) is 24.3 Å². The van der Waals surface area contributed by atoms with Crippen LogP contribution in [0.5, 0.6) is 5.75 Å². The van der Waals surface area contributed by atoms with Crippen LogP contribution in [0.4, 0.5) is 4.79 Å². The Morgan fingerprint density at radius 2 is 2.22 bits per heavy atom. The van der Waals surface area contributed by atoms with Crippen molar-refractivity contribution in [2.75, 3.05) is 33.3 Å². The number of hydrogen-bond donors (Lipinski definition) is 1. The second kappa shape index (κ2) is 8.41. The van der Waals surface area contributed by atoms with Gasteiger partial charge in [0.25, 0.3) is 0 Å². The van der Waals surface area contributed by atoms with E-state index in [9.17, 15) is 4.79 Å². The largest absolute Gasteiger partial charge is 0.490 e. The molecule has 0 saturated carbocycles. The van der Waals surface area contributed by atoms with E-state index < -0.39 is 0 Å². The molecule has 1 heterocycles. The van der Waals surface area contributed by atoms with Crippen molar-refractivity contribution < 1.29 is 9.53 Å². The highest BCUT2D eigenvalue weighted by Gasteiger charge is 2.29. The minimum absolute atomic E-state index is 0.0524. The molecule has 1 aromatic carbocycles. The Kier molecular flexibility index (Phi) is 6.54. The molecule has 0 bridgehead atoms. The van der Waals surface area contributed by atoms with Gasteiger partial charge in [0.05, 0.1) is 11.6 Å². The van der Waals surface area contributed by atoms with E-state index in [1.807, 2.05) is 25.2 Å². The summed E-state index contributed by atoms with van der Waals surface area (Å²) in [5.74, 6) is 0.639. The highest BCUT2D eigenvalue weighted by Crippen LogP contribution is 2.22. The molecule has 2 rings (SSSR count). The smallest absolute Gasteiger partial charge is 0.317 e. The molecule has 0 radical (unpaired) electrons. The van der Waals surface area contributed by atoms with Crippen molar-refractivity contribution in [1.82, 2.24) is 15.1 Å². The normalized spacial score (nSPS) is 18.2. The summed E-state index contributed by atoms with van der Waals surface area (Å²) in [7, 11) is 1.86. The predicted molar refractivity (Wildman–Crippen MR) is 93.2 cm³/mol. The third-order valence-corrected chi connectivity index (χ3v) is 4.58. The van der Waals surface area contributed by atoms with E-state index in [4.69, 9.17) is 16.3 Å². The molecule has 1 unspecified atom stereocenters. The summed E-state index contributed by atoms with van der Waals surface area (Å²) in [6.07, 6.45) is 1.03. The van der Waals surface area contributed by atoms with Crippen molar-refractivity contribution in [1.29, 1.82) is 0 Å². The summed E-state index contributed by atoms with van der Waals surface area (Å²) in [5, 5.41) is 3.47. The van der Waals surface area contributed by atoms with Crippen molar-refractivity contribution in [2.24, 2.45) is 0 Å². The molecule has 0 spiro atoms. The van der Waals surface area contributed by atoms with Gasteiger partial charge in [-0.1, -0.05) is 23.7 Å². The van der Waals surface area contributed by atoms with Crippen molar-refractivity contribution in [3.63, 3.8) is 0 Å². The zero-order valence-electron chi connectivity index (χ0n) is 14.1.